The highest BCUT2D eigenvalue weighted by Crippen LogP contribution is 2.41. The van der Waals surface area contributed by atoms with Crippen LogP contribution in [0.1, 0.15) is 62.1 Å². The van der Waals surface area contributed by atoms with Gasteiger partial charge in [-0.3, -0.25) is 4.79 Å². The van der Waals surface area contributed by atoms with Crippen LogP contribution in [0.15, 0.2) is 24.3 Å². The minimum Gasteiger partial charge on any atom is -0.389 e. The Labute approximate surface area is 126 Å². The third-order valence-corrected chi connectivity index (χ3v) is 4.87. The largest absolute Gasteiger partial charge is 0.389 e. The summed E-state index contributed by atoms with van der Waals surface area (Å²) in [5.41, 5.74) is 1.67. The number of hydrogen-bond donors (Lipinski definition) is 2. The molecule has 3 nitrogen and oxygen atoms in total. The van der Waals surface area contributed by atoms with Gasteiger partial charge in [0.25, 0.3) is 0 Å². The van der Waals surface area contributed by atoms with Gasteiger partial charge < -0.3 is 10.4 Å². The number of aliphatic hydroxyl groups is 1. The highest BCUT2D eigenvalue weighted by Gasteiger charge is 2.37. The maximum Gasteiger partial charge on any atom is 0.223 e. The minimum absolute atomic E-state index is 0.00289. The van der Waals surface area contributed by atoms with Crippen molar-refractivity contribution in [1.82, 2.24) is 5.32 Å². The van der Waals surface area contributed by atoms with E-state index in [-0.39, 0.29) is 18.4 Å². The van der Waals surface area contributed by atoms with Crippen molar-refractivity contribution in [1.29, 1.82) is 0 Å². The number of aryl methyl sites for hydroxylation is 1. The average molecular weight is 287 g/mol. The third-order valence-electron chi connectivity index (χ3n) is 4.87. The van der Waals surface area contributed by atoms with Crippen molar-refractivity contribution < 1.29 is 9.90 Å². The van der Waals surface area contributed by atoms with Crippen LogP contribution in [0.3, 0.4) is 0 Å². The van der Waals surface area contributed by atoms with Crippen LogP contribution in [0.25, 0.3) is 0 Å². The van der Waals surface area contributed by atoms with Crippen molar-refractivity contribution in [2.24, 2.45) is 5.92 Å². The Bertz CT molecular complexity index is 498. The van der Waals surface area contributed by atoms with Gasteiger partial charge >= 0.3 is 0 Å². The zero-order valence-corrected chi connectivity index (χ0v) is 12.8. The van der Waals surface area contributed by atoms with Crippen LogP contribution in [0.5, 0.6) is 0 Å². The summed E-state index contributed by atoms with van der Waals surface area (Å²) in [7, 11) is 0. The zero-order valence-electron chi connectivity index (χ0n) is 12.8. The first kappa shape index (κ1) is 14.6. The predicted octanol–water partition coefficient (Wildman–Crippen LogP) is 3.26. The molecule has 0 saturated heterocycles. The van der Waals surface area contributed by atoms with Gasteiger partial charge in [-0.25, -0.2) is 0 Å². The molecule has 3 rings (SSSR count). The lowest BCUT2D eigenvalue weighted by Crippen LogP contribution is -2.37. The summed E-state index contributed by atoms with van der Waals surface area (Å²) in [6.45, 7) is 2.07. The molecule has 0 spiro atoms. The van der Waals surface area contributed by atoms with Gasteiger partial charge in [-0.1, -0.05) is 42.7 Å². The normalized spacial score (nSPS) is 22.0. The second kappa shape index (κ2) is 5.80. The smallest absolute Gasteiger partial charge is 0.223 e. The van der Waals surface area contributed by atoms with Crippen LogP contribution in [-0.4, -0.2) is 16.6 Å². The van der Waals surface area contributed by atoms with E-state index in [2.05, 4.69) is 36.5 Å². The number of carbonyl (C=O) groups is 1. The van der Waals surface area contributed by atoms with Crippen molar-refractivity contribution >= 4 is 5.91 Å². The van der Waals surface area contributed by atoms with Crippen molar-refractivity contribution in [2.45, 2.75) is 63.5 Å². The molecule has 2 N–H and O–H groups in total. The topological polar surface area (TPSA) is 49.3 Å². The van der Waals surface area contributed by atoms with Gasteiger partial charge in [-0.15, -0.1) is 0 Å². The fourth-order valence-corrected chi connectivity index (χ4v) is 3.41. The van der Waals surface area contributed by atoms with Gasteiger partial charge in [0.2, 0.25) is 5.91 Å². The summed E-state index contributed by atoms with van der Waals surface area (Å²) in [5, 5.41) is 13.5. The second-order valence-electron chi connectivity index (χ2n) is 6.90. The summed E-state index contributed by atoms with van der Waals surface area (Å²) in [5.74, 6) is 0.562. The molecule has 2 aliphatic carbocycles. The van der Waals surface area contributed by atoms with Crippen LogP contribution >= 0.6 is 0 Å². The van der Waals surface area contributed by atoms with Gasteiger partial charge in [-0.2, -0.15) is 0 Å². The monoisotopic (exact) mass is 287 g/mol. The maximum atomic E-state index is 12.3. The summed E-state index contributed by atoms with van der Waals surface area (Å²) >= 11 is 0. The molecule has 1 aromatic carbocycles. The Morgan fingerprint density at radius 3 is 2.48 bits per heavy atom. The summed E-state index contributed by atoms with van der Waals surface area (Å²) in [6, 6.07) is 8.54. The fraction of sp³-hybridized carbons (Fsp3) is 0.611. The summed E-state index contributed by atoms with van der Waals surface area (Å²) in [6.07, 6.45) is 6.22. The van der Waals surface area contributed by atoms with E-state index in [1.165, 1.54) is 24.0 Å². The highest BCUT2D eigenvalue weighted by molar-refractivity contribution is 5.77. The van der Waals surface area contributed by atoms with Gasteiger partial charge in [-0.05, 0) is 44.1 Å². The Morgan fingerprint density at radius 1 is 1.29 bits per heavy atom. The van der Waals surface area contributed by atoms with Crippen LogP contribution in [0, 0.1) is 12.8 Å². The number of rotatable bonds is 5. The summed E-state index contributed by atoms with van der Waals surface area (Å²) < 4.78 is 0. The number of amides is 1. The van der Waals surface area contributed by atoms with Crippen LogP contribution in [-0.2, 0) is 4.79 Å². The summed E-state index contributed by atoms with van der Waals surface area (Å²) in [4.78, 5) is 12.3. The van der Waals surface area contributed by atoms with E-state index in [0.29, 0.717) is 5.92 Å². The SMILES string of the molecule is Cc1ccc(C(NC(=O)CC2(O)CCCC2)C2CC2)cc1. The Hall–Kier alpha value is -1.35. The van der Waals surface area contributed by atoms with Crippen molar-refractivity contribution in [2.75, 3.05) is 0 Å². The second-order valence-corrected chi connectivity index (χ2v) is 6.90. The Balaban J connectivity index is 1.65. The van der Waals surface area contributed by atoms with E-state index >= 15 is 0 Å². The fourth-order valence-electron chi connectivity index (χ4n) is 3.41. The molecule has 1 aromatic rings. The number of benzene rings is 1. The van der Waals surface area contributed by atoms with Gasteiger partial charge in [0.05, 0.1) is 18.1 Å². The molecule has 1 unspecified atom stereocenters. The molecular weight excluding hydrogens is 262 g/mol. The van der Waals surface area contributed by atoms with Gasteiger partial charge in [0, 0.05) is 0 Å². The molecule has 0 bridgehead atoms. The van der Waals surface area contributed by atoms with Gasteiger partial charge in [0.15, 0.2) is 0 Å². The lowest BCUT2D eigenvalue weighted by atomic mass is 9.96. The first-order chi connectivity index (χ1) is 10.1. The quantitative estimate of drug-likeness (QED) is 0.873. The molecule has 2 fully saturated rings. The van der Waals surface area contributed by atoms with Crippen LogP contribution in [0.2, 0.25) is 0 Å². The van der Waals surface area contributed by atoms with E-state index in [0.717, 1.165) is 25.7 Å². The molecule has 0 aromatic heterocycles. The molecule has 3 heteroatoms. The molecule has 0 heterocycles. The molecule has 0 radical (unpaired) electrons. The zero-order chi connectivity index (χ0) is 14.9. The lowest BCUT2D eigenvalue weighted by Gasteiger charge is -2.24. The Kier molecular flexibility index (Phi) is 4.03. The number of carbonyl (C=O) groups excluding carboxylic acids is 1. The number of hydrogen-bond acceptors (Lipinski definition) is 2. The van der Waals surface area contributed by atoms with Crippen molar-refractivity contribution in [3.05, 3.63) is 35.4 Å². The van der Waals surface area contributed by atoms with E-state index in [4.69, 9.17) is 0 Å². The van der Waals surface area contributed by atoms with Crippen molar-refractivity contribution in [3.63, 3.8) is 0 Å². The molecule has 2 saturated carbocycles. The Morgan fingerprint density at radius 2 is 1.90 bits per heavy atom. The van der Waals surface area contributed by atoms with E-state index in [1.54, 1.807) is 0 Å². The highest BCUT2D eigenvalue weighted by atomic mass is 16.3. The van der Waals surface area contributed by atoms with E-state index < -0.39 is 5.60 Å². The molecule has 114 valence electrons. The van der Waals surface area contributed by atoms with Gasteiger partial charge in [0.1, 0.15) is 0 Å². The molecule has 1 amide bonds. The predicted molar refractivity (Wildman–Crippen MR) is 82.8 cm³/mol. The lowest BCUT2D eigenvalue weighted by molar-refractivity contribution is -0.126. The van der Waals surface area contributed by atoms with E-state index in [1.807, 2.05) is 0 Å². The maximum absolute atomic E-state index is 12.3. The molecule has 2 aliphatic rings. The number of nitrogens with one attached hydrogen (secondary N) is 1. The first-order valence-corrected chi connectivity index (χ1v) is 8.14. The van der Waals surface area contributed by atoms with Crippen molar-refractivity contribution in [3.8, 4) is 0 Å². The standard InChI is InChI=1S/C18H25NO2/c1-13-4-6-14(7-5-13)17(15-8-9-15)19-16(20)12-18(21)10-2-3-11-18/h4-7,15,17,21H,2-3,8-12H2,1H3,(H,19,20). The molecule has 0 aliphatic heterocycles. The van der Waals surface area contributed by atoms with Crippen LogP contribution in [0.4, 0.5) is 0 Å². The van der Waals surface area contributed by atoms with Crippen LogP contribution < -0.4 is 5.32 Å². The third kappa shape index (κ3) is 3.65. The minimum atomic E-state index is -0.758. The van der Waals surface area contributed by atoms with E-state index in [9.17, 15) is 9.90 Å². The molecule has 1 atom stereocenters. The molecular formula is C18H25NO2. The first-order valence-electron chi connectivity index (χ1n) is 8.14. The average Bonchev–Trinajstić information content (AvgIpc) is 3.20. The molecule has 21 heavy (non-hydrogen) atoms.